The Kier molecular flexibility index (Phi) is 7.72. The van der Waals surface area contributed by atoms with E-state index in [0.29, 0.717) is 24.1 Å². The van der Waals surface area contributed by atoms with Crippen LogP contribution in [0.25, 0.3) is 0 Å². The number of ether oxygens (including phenoxy) is 1. The molecular weight excluding hydrogens is 381 g/mol. The Morgan fingerprint density at radius 2 is 2.00 bits per heavy atom. The van der Waals surface area contributed by atoms with Crippen LogP contribution in [0.3, 0.4) is 0 Å². The molecule has 0 amide bonds. The minimum Gasteiger partial charge on any atom is -0.468 e. The molecule has 0 atom stereocenters. The highest BCUT2D eigenvalue weighted by molar-refractivity contribution is 6.30. The lowest BCUT2D eigenvalue weighted by atomic mass is 10.1. The number of hydrogen-bond acceptors (Lipinski definition) is 3. The molecule has 1 heterocycles. The molecule has 146 valence electrons. The average Bonchev–Trinajstić information content (AvgIpc) is 2.63. The van der Waals surface area contributed by atoms with Gasteiger partial charge in [0.1, 0.15) is 0 Å². The number of guanidine groups is 1. The number of hydrogen-bond donors (Lipinski definition) is 2. The van der Waals surface area contributed by atoms with Crippen LogP contribution in [0.1, 0.15) is 11.1 Å². The number of nitrogens with one attached hydrogen (secondary N) is 2. The standard InChI is InChI=1S/C18H20ClF3N4O/c1-23-17(25-8-5-13-3-2-4-15(19)9-13)26-11-14-6-7-24-16(10-14)27-12-18(20,21)22/h2-4,6-7,9-10H,5,8,11-12H2,1H3,(H2,23,25,26). The summed E-state index contributed by atoms with van der Waals surface area (Å²) in [5.41, 5.74) is 1.83. The highest BCUT2D eigenvalue weighted by Gasteiger charge is 2.28. The van der Waals surface area contributed by atoms with E-state index in [1.165, 1.54) is 12.3 Å². The zero-order valence-corrected chi connectivity index (χ0v) is 15.4. The van der Waals surface area contributed by atoms with E-state index in [0.717, 1.165) is 17.5 Å². The van der Waals surface area contributed by atoms with Crippen LogP contribution in [0.2, 0.25) is 5.02 Å². The third kappa shape index (κ3) is 8.17. The predicted octanol–water partition coefficient (Wildman–Crippen LogP) is 3.58. The van der Waals surface area contributed by atoms with Gasteiger partial charge < -0.3 is 15.4 Å². The first kappa shape index (κ1) is 20.8. The minimum atomic E-state index is -4.40. The van der Waals surface area contributed by atoms with Gasteiger partial charge in [0.2, 0.25) is 5.88 Å². The van der Waals surface area contributed by atoms with E-state index in [1.807, 2.05) is 24.3 Å². The maximum atomic E-state index is 12.2. The van der Waals surface area contributed by atoms with Crippen LogP contribution in [0, 0.1) is 0 Å². The van der Waals surface area contributed by atoms with E-state index in [-0.39, 0.29) is 5.88 Å². The van der Waals surface area contributed by atoms with Crippen molar-refractivity contribution in [2.75, 3.05) is 20.2 Å². The molecule has 0 aliphatic carbocycles. The normalized spacial score (nSPS) is 12.0. The number of alkyl halides is 3. The monoisotopic (exact) mass is 400 g/mol. The summed E-state index contributed by atoms with van der Waals surface area (Å²) >= 11 is 5.96. The SMILES string of the molecule is CN=C(NCCc1cccc(Cl)c1)NCc1ccnc(OCC(F)(F)F)c1. The van der Waals surface area contributed by atoms with Gasteiger partial charge in [0.05, 0.1) is 0 Å². The van der Waals surface area contributed by atoms with Crippen LogP contribution in [0.5, 0.6) is 5.88 Å². The highest BCUT2D eigenvalue weighted by atomic mass is 35.5. The van der Waals surface area contributed by atoms with E-state index >= 15 is 0 Å². The van der Waals surface area contributed by atoms with Crippen molar-refractivity contribution in [1.29, 1.82) is 0 Å². The molecule has 1 aromatic carbocycles. The molecule has 2 N–H and O–H groups in total. The van der Waals surface area contributed by atoms with Gasteiger partial charge in [-0.05, 0) is 35.7 Å². The summed E-state index contributed by atoms with van der Waals surface area (Å²) in [5, 5.41) is 6.95. The van der Waals surface area contributed by atoms with Crippen molar-refractivity contribution in [2.45, 2.75) is 19.1 Å². The van der Waals surface area contributed by atoms with E-state index in [9.17, 15) is 13.2 Å². The molecule has 27 heavy (non-hydrogen) atoms. The second-order valence-corrected chi connectivity index (χ2v) is 6.08. The number of aliphatic imine (C=N–C) groups is 1. The van der Waals surface area contributed by atoms with Crippen LogP contribution >= 0.6 is 11.6 Å². The topological polar surface area (TPSA) is 58.5 Å². The van der Waals surface area contributed by atoms with E-state index in [4.69, 9.17) is 11.6 Å². The lowest BCUT2D eigenvalue weighted by molar-refractivity contribution is -0.154. The summed E-state index contributed by atoms with van der Waals surface area (Å²) in [5.74, 6) is 0.502. The predicted molar refractivity (Wildman–Crippen MR) is 99.1 cm³/mol. The molecule has 2 aromatic rings. The number of benzene rings is 1. The number of nitrogens with zero attached hydrogens (tertiary/aromatic N) is 2. The molecule has 9 heteroatoms. The van der Waals surface area contributed by atoms with Crippen molar-refractivity contribution in [3.8, 4) is 5.88 Å². The summed E-state index contributed by atoms with van der Waals surface area (Å²) in [7, 11) is 1.64. The van der Waals surface area contributed by atoms with Gasteiger partial charge in [-0.3, -0.25) is 4.99 Å². The van der Waals surface area contributed by atoms with Gasteiger partial charge >= 0.3 is 6.18 Å². The third-order valence-electron chi connectivity index (χ3n) is 3.46. The fraction of sp³-hybridized carbons (Fsp3) is 0.333. The van der Waals surface area contributed by atoms with Crippen molar-refractivity contribution in [1.82, 2.24) is 15.6 Å². The van der Waals surface area contributed by atoms with Crippen LogP contribution in [-0.2, 0) is 13.0 Å². The molecular formula is C18H20ClF3N4O. The first-order valence-electron chi connectivity index (χ1n) is 8.19. The zero-order chi connectivity index (χ0) is 19.7. The van der Waals surface area contributed by atoms with Gasteiger partial charge in [-0.2, -0.15) is 13.2 Å². The molecule has 0 bridgehead atoms. The molecule has 0 unspecified atom stereocenters. The van der Waals surface area contributed by atoms with Crippen molar-refractivity contribution in [2.24, 2.45) is 4.99 Å². The molecule has 0 saturated heterocycles. The Morgan fingerprint density at radius 3 is 2.70 bits per heavy atom. The second-order valence-electron chi connectivity index (χ2n) is 5.64. The van der Waals surface area contributed by atoms with Crippen molar-refractivity contribution >= 4 is 17.6 Å². The largest absolute Gasteiger partial charge is 0.468 e. The lowest BCUT2D eigenvalue weighted by Gasteiger charge is -2.13. The van der Waals surface area contributed by atoms with E-state index in [1.54, 1.807) is 13.1 Å². The molecule has 0 radical (unpaired) electrons. The van der Waals surface area contributed by atoms with Gasteiger partial charge in [0, 0.05) is 37.4 Å². The van der Waals surface area contributed by atoms with Crippen LogP contribution in [0.4, 0.5) is 13.2 Å². The van der Waals surface area contributed by atoms with Gasteiger partial charge in [-0.25, -0.2) is 4.98 Å². The third-order valence-corrected chi connectivity index (χ3v) is 3.70. The Balaban J connectivity index is 1.80. The molecule has 0 aliphatic rings. The molecule has 2 rings (SSSR count). The van der Waals surface area contributed by atoms with E-state index in [2.05, 4.69) is 25.3 Å². The number of pyridine rings is 1. The van der Waals surface area contributed by atoms with Gasteiger partial charge in [0.15, 0.2) is 12.6 Å². The maximum Gasteiger partial charge on any atom is 0.422 e. The molecule has 0 aliphatic heterocycles. The summed E-state index contributed by atoms with van der Waals surface area (Å²) in [6.45, 7) is -0.359. The molecule has 0 saturated carbocycles. The van der Waals surface area contributed by atoms with Gasteiger partial charge in [-0.1, -0.05) is 23.7 Å². The number of aromatic nitrogens is 1. The number of halogens is 4. The fourth-order valence-corrected chi connectivity index (χ4v) is 2.43. The highest BCUT2D eigenvalue weighted by Crippen LogP contribution is 2.17. The quantitative estimate of drug-likeness (QED) is 0.551. The summed E-state index contributed by atoms with van der Waals surface area (Å²) in [6.07, 6.45) is -2.23. The van der Waals surface area contributed by atoms with E-state index < -0.39 is 12.8 Å². The zero-order valence-electron chi connectivity index (χ0n) is 14.7. The minimum absolute atomic E-state index is 0.0736. The van der Waals surface area contributed by atoms with Crippen molar-refractivity contribution in [3.05, 3.63) is 58.7 Å². The Morgan fingerprint density at radius 1 is 1.19 bits per heavy atom. The fourth-order valence-electron chi connectivity index (χ4n) is 2.22. The number of rotatable bonds is 7. The maximum absolute atomic E-state index is 12.2. The van der Waals surface area contributed by atoms with Gasteiger partial charge in [-0.15, -0.1) is 0 Å². The Labute approximate surface area is 160 Å². The first-order chi connectivity index (χ1) is 12.9. The van der Waals surface area contributed by atoms with Crippen molar-refractivity contribution < 1.29 is 17.9 Å². The van der Waals surface area contributed by atoms with Crippen LogP contribution in [0.15, 0.2) is 47.6 Å². The summed E-state index contributed by atoms with van der Waals surface area (Å²) in [6, 6.07) is 10.7. The van der Waals surface area contributed by atoms with Crippen LogP contribution < -0.4 is 15.4 Å². The van der Waals surface area contributed by atoms with Crippen molar-refractivity contribution in [3.63, 3.8) is 0 Å². The second kappa shape index (κ2) is 10.0. The summed E-state index contributed by atoms with van der Waals surface area (Å²) in [4.78, 5) is 7.89. The Bertz CT molecular complexity index is 768. The molecule has 0 spiro atoms. The smallest absolute Gasteiger partial charge is 0.422 e. The van der Waals surface area contributed by atoms with Crippen LogP contribution in [-0.4, -0.2) is 37.3 Å². The lowest BCUT2D eigenvalue weighted by Crippen LogP contribution is -2.37. The Hall–Kier alpha value is -2.48. The summed E-state index contributed by atoms with van der Waals surface area (Å²) < 4.78 is 41.3. The first-order valence-corrected chi connectivity index (χ1v) is 8.57. The molecule has 1 aromatic heterocycles. The average molecular weight is 401 g/mol. The van der Waals surface area contributed by atoms with Gasteiger partial charge in [0.25, 0.3) is 0 Å². The molecule has 5 nitrogen and oxygen atoms in total. The molecule has 0 fully saturated rings.